The summed E-state index contributed by atoms with van der Waals surface area (Å²) < 4.78 is 10.7. The lowest BCUT2D eigenvalue weighted by Crippen LogP contribution is -2.43. The van der Waals surface area contributed by atoms with Gasteiger partial charge in [0.15, 0.2) is 17.5 Å². The van der Waals surface area contributed by atoms with E-state index in [4.69, 9.17) is 9.47 Å². The summed E-state index contributed by atoms with van der Waals surface area (Å²) in [4.78, 5) is 4.42. The highest BCUT2D eigenvalue weighted by Gasteiger charge is 2.23. The first-order valence-electron chi connectivity index (χ1n) is 7.23. The van der Waals surface area contributed by atoms with Gasteiger partial charge in [0, 0.05) is 18.0 Å². The van der Waals surface area contributed by atoms with Crippen molar-refractivity contribution in [3.63, 3.8) is 0 Å². The molecule has 1 aliphatic rings. The number of hydrogen-bond donors (Lipinski definition) is 2. The van der Waals surface area contributed by atoms with Gasteiger partial charge in [0.25, 0.3) is 0 Å². The molecule has 116 valence electrons. The van der Waals surface area contributed by atoms with Crippen LogP contribution in [0.3, 0.4) is 0 Å². The highest BCUT2D eigenvalue weighted by atomic mass is 16.5. The molecule has 0 fully saturated rings. The minimum absolute atomic E-state index is 0.0461. The van der Waals surface area contributed by atoms with Crippen LogP contribution >= 0.6 is 0 Å². The summed E-state index contributed by atoms with van der Waals surface area (Å²) in [5.41, 5.74) is 1.15. The Bertz CT molecular complexity index is 526. The molecule has 0 aromatic heterocycles. The molecule has 0 saturated heterocycles. The average molecular weight is 291 g/mol. The molecule has 1 aromatic rings. The lowest BCUT2D eigenvalue weighted by molar-refractivity contribution is 0.353. The molecule has 0 bridgehead atoms. The molecule has 5 heteroatoms. The number of nitrogens with one attached hydrogen (secondary N) is 2. The molecule has 1 aliphatic heterocycles. The van der Waals surface area contributed by atoms with Gasteiger partial charge in [0.05, 0.1) is 20.8 Å². The Labute approximate surface area is 126 Å². The van der Waals surface area contributed by atoms with Gasteiger partial charge in [-0.05, 0) is 24.6 Å². The minimum atomic E-state index is -0.0461. The van der Waals surface area contributed by atoms with Crippen LogP contribution in [0.1, 0.15) is 26.3 Å². The highest BCUT2D eigenvalue weighted by Crippen LogP contribution is 2.32. The number of methoxy groups -OCH3 is 2. The zero-order valence-corrected chi connectivity index (χ0v) is 13.5. The molecule has 2 rings (SSSR count). The normalized spacial score (nSPS) is 18.0. The van der Waals surface area contributed by atoms with Crippen LogP contribution < -0.4 is 20.1 Å². The lowest BCUT2D eigenvalue weighted by Gasteiger charge is -2.27. The van der Waals surface area contributed by atoms with Crippen LogP contribution in [-0.4, -0.2) is 39.3 Å². The van der Waals surface area contributed by atoms with Crippen LogP contribution in [0.4, 0.5) is 0 Å². The van der Waals surface area contributed by atoms with E-state index in [9.17, 15) is 0 Å². The Hall–Kier alpha value is -1.91. The van der Waals surface area contributed by atoms with Gasteiger partial charge in [-0.15, -0.1) is 0 Å². The van der Waals surface area contributed by atoms with Crippen molar-refractivity contribution in [1.82, 2.24) is 10.6 Å². The molecule has 0 saturated carbocycles. The first-order chi connectivity index (χ1) is 9.96. The molecule has 21 heavy (non-hydrogen) atoms. The van der Waals surface area contributed by atoms with E-state index in [-0.39, 0.29) is 5.41 Å². The van der Waals surface area contributed by atoms with Gasteiger partial charge in [0.2, 0.25) is 0 Å². The Morgan fingerprint density at radius 1 is 1.29 bits per heavy atom. The fourth-order valence-corrected chi connectivity index (χ4v) is 2.32. The first kappa shape index (κ1) is 15.5. The predicted molar refractivity (Wildman–Crippen MR) is 85.5 cm³/mol. The van der Waals surface area contributed by atoms with Crippen molar-refractivity contribution in [2.45, 2.75) is 32.2 Å². The maximum atomic E-state index is 5.38. The van der Waals surface area contributed by atoms with Gasteiger partial charge in [-0.25, -0.2) is 0 Å². The van der Waals surface area contributed by atoms with E-state index in [1.807, 2.05) is 12.1 Å². The van der Waals surface area contributed by atoms with Gasteiger partial charge in [0.1, 0.15) is 0 Å². The molecule has 0 radical (unpaired) electrons. The van der Waals surface area contributed by atoms with Crippen molar-refractivity contribution in [2.24, 2.45) is 4.99 Å². The Balaban J connectivity index is 2.08. The maximum Gasteiger partial charge on any atom is 0.191 e. The number of nitrogens with zero attached hydrogens (tertiary/aromatic N) is 1. The summed E-state index contributed by atoms with van der Waals surface area (Å²) in [6.45, 7) is 8.14. The molecule has 2 N–H and O–H groups in total. The van der Waals surface area contributed by atoms with Crippen LogP contribution in [0.5, 0.6) is 11.5 Å². The smallest absolute Gasteiger partial charge is 0.191 e. The summed E-state index contributed by atoms with van der Waals surface area (Å²) in [5, 5.41) is 6.70. The zero-order valence-electron chi connectivity index (χ0n) is 13.5. The fraction of sp³-hybridized carbons (Fsp3) is 0.562. The minimum Gasteiger partial charge on any atom is -0.493 e. The number of hydrogen-bond acceptors (Lipinski definition) is 5. The summed E-state index contributed by atoms with van der Waals surface area (Å²) in [6, 6.07) is 6.48. The van der Waals surface area contributed by atoms with E-state index in [0.29, 0.717) is 6.04 Å². The maximum absolute atomic E-state index is 5.38. The largest absolute Gasteiger partial charge is 0.493 e. The van der Waals surface area contributed by atoms with Crippen LogP contribution in [0, 0.1) is 0 Å². The number of aliphatic imine (C=N–C) groups is 1. The molecule has 0 spiro atoms. The third kappa shape index (κ3) is 3.60. The Morgan fingerprint density at radius 2 is 2.00 bits per heavy atom. The molecular weight excluding hydrogens is 266 g/mol. The Morgan fingerprint density at radius 3 is 2.57 bits per heavy atom. The molecule has 1 atom stereocenters. The first-order valence-corrected chi connectivity index (χ1v) is 7.23. The molecule has 0 amide bonds. The van der Waals surface area contributed by atoms with Crippen LogP contribution in [0.15, 0.2) is 23.2 Å². The summed E-state index contributed by atoms with van der Waals surface area (Å²) in [7, 11) is 3.31. The van der Waals surface area contributed by atoms with Gasteiger partial charge in [-0.2, -0.15) is 0 Å². The van der Waals surface area contributed by atoms with E-state index in [1.54, 1.807) is 14.2 Å². The van der Waals surface area contributed by atoms with E-state index >= 15 is 0 Å². The van der Waals surface area contributed by atoms with E-state index < -0.39 is 0 Å². The van der Waals surface area contributed by atoms with E-state index in [0.717, 1.165) is 30.5 Å². The van der Waals surface area contributed by atoms with E-state index in [1.165, 1.54) is 5.56 Å². The third-order valence-electron chi connectivity index (χ3n) is 3.77. The number of benzene rings is 1. The molecule has 5 nitrogen and oxygen atoms in total. The van der Waals surface area contributed by atoms with Crippen molar-refractivity contribution in [3.8, 4) is 11.5 Å². The predicted octanol–water partition coefficient (Wildman–Crippen LogP) is 1.92. The summed E-state index contributed by atoms with van der Waals surface area (Å²) in [5.74, 6) is 2.39. The highest BCUT2D eigenvalue weighted by molar-refractivity contribution is 5.81. The standard InChI is InChI=1S/C16H25N3O2/c1-11-9-17-15(19-11)18-10-16(2,3)12-6-7-13(20-4)14(8-12)21-5/h6-8,11H,9-10H2,1-5H3,(H2,17,18,19). The molecule has 1 heterocycles. The quantitative estimate of drug-likeness (QED) is 0.870. The van der Waals surface area contributed by atoms with Crippen molar-refractivity contribution < 1.29 is 9.47 Å². The van der Waals surface area contributed by atoms with Gasteiger partial charge in [-0.1, -0.05) is 19.9 Å². The zero-order chi connectivity index (χ0) is 15.5. The van der Waals surface area contributed by atoms with Gasteiger partial charge in [-0.3, -0.25) is 4.99 Å². The molecule has 0 aliphatic carbocycles. The summed E-state index contributed by atoms with van der Waals surface area (Å²) >= 11 is 0. The van der Waals surface area contributed by atoms with Crippen LogP contribution in [0.25, 0.3) is 0 Å². The fourth-order valence-electron chi connectivity index (χ4n) is 2.32. The third-order valence-corrected chi connectivity index (χ3v) is 3.77. The molecule has 1 unspecified atom stereocenters. The van der Waals surface area contributed by atoms with Gasteiger partial charge < -0.3 is 20.1 Å². The van der Waals surface area contributed by atoms with Crippen molar-refractivity contribution in [1.29, 1.82) is 0 Å². The average Bonchev–Trinajstić information content (AvgIpc) is 2.90. The number of guanidine groups is 1. The summed E-state index contributed by atoms with van der Waals surface area (Å²) in [6.07, 6.45) is 0. The van der Waals surface area contributed by atoms with Crippen molar-refractivity contribution in [2.75, 3.05) is 27.3 Å². The van der Waals surface area contributed by atoms with Crippen molar-refractivity contribution >= 4 is 5.96 Å². The second-order valence-corrected chi connectivity index (χ2v) is 6.04. The van der Waals surface area contributed by atoms with Crippen molar-refractivity contribution in [3.05, 3.63) is 23.8 Å². The second kappa shape index (κ2) is 6.24. The van der Waals surface area contributed by atoms with E-state index in [2.05, 4.69) is 42.5 Å². The topological polar surface area (TPSA) is 54.9 Å². The SMILES string of the molecule is COc1ccc(C(C)(C)CNC2=NCC(C)N2)cc1OC. The lowest BCUT2D eigenvalue weighted by atomic mass is 9.84. The molecule has 1 aromatic carbocycles. The number of ether oxygens (including phenoxy) is 2. The molecular formula is C16H25N3O2. The Kier molecular flexibility index (Phi) is 4.60. The van der Waals surface area contributed by atoms with Gasteiger partial charge >= 0.3 is 0 Å². The second-order valence-electron chi connectivity index (χ2n) is 6.04. The number of rotatable bonds is 5. The monoisotopic (exact) mass is 291 g/mol. The van der Waals surface area contributed by atoms with Crippen LogP contribution in [-0.2, 0) is 5.41 Å². The van der Waals surface area contributed by atoms with Crippen LogP contribution in [0.2, 0.25) is 0 Å².